The van der Waals surface area contributed by atoms with Gasteiger partial charge >= 0.3 is 51.3 Å². The predicted octanol–water partition coefficient (Wildman–Crippen LogP) is -8.25. The molecule has 1 N–H and O–H groups in total. The molecule has 9 heteroatoms. The number of hydrogen-bond donors (Lipinski definition) is 1. The maximum atomic E-state index is 10.1. The van der Waals surface area contributed by atoms with E-state index in [4.69, 9.17) is 5.11 Å². The van der Waals surface area contributed by atoms with Gasteiger partial charge < -0.3 is 34.8 Å². The molecule has 0 rings (SSSR count). The molecule has 76 valence electrons. The molecule has 0 amide bonds. The number of carbonyl (C=O) groups excluding carboxylic acids is 3. The van der Waals surface area contributed by atoms with Crippen molar-refractivity contribution in [1.82, 2.24) is 0 Å². The van der Waals surface area contributed by atoms with Gasteiger partial charge in [-0.1, -0.05) is 0 Å². The number of carboxylic acid groups (broad SMARTS) is 3. The summed E-state index contributed by atoms with van der Waals surface area (Å²) in [6.07, 6.45) is -2.72. The Labute approximate surface area is 122 Å². The Morgan fingerprint density at radius 1 is 1.00 bits per heavy atom. The fraction of sp³-hybridized carbons (Fsp3) is 0.500. The van der Waals surface area contributed by atoms with Gasteiger partial charge in [0.15, 0.2) is 0 Å². The molecule has 0 saturated heterocycles. The van der Waals surface area contributed by atoms with Crippen LogP contribution in [0.2, 0.25) is 0 Å². The van der Waals surface area contributed by atoms with E-state index in [1.165, 1.54) is 0 Å². The van der Waals surface area contributed by atoms with Crippen molar-refractivity contribution in [3.8, 4) is 0 Å². The maximum absolute atomic E-state index is 10.1. The van der Waals surface area contributed by atoms with Gasteiger partial charge in [0, 0.05) is 24.8 Å². The van der Waals surface area contributed by atoms with Gasteiger partial charge in [-0.3, -0.25) is 0 Å². The first kappa shape index (κ1) is 20.5. The number of hydrogen-bond acceptors (Lipinski definition) is 7. The Bertz CT molecular complexity index is 238. The first-order valence-electron chi connectivity index (χ1n) is 3.11. The van der Waals surface area contributed by atoms with Gasteiger partial charge in [0.2, 0.25) is 0 Å². The predicted molar refractivity (Wildman–Crippen MR) is 29.2 cm³/mol. The fourth-order valence-corrected chi connectivity index (χ4v) is 0.684. The average Bonchev–Trinajstić information content (AvgIpc) is 1.82. The standard InChI is InChI=1S/C6H8O7.Na.Ti/c7-3(8)1-6(13,5(11)12)2-4(9)10;;/h13H,1-2H2,(H,7,8)(H,9,10)(H,11,12);;/q;+1;+2/p-3. The summed E-state index contributed by atoms with van der Waals surface area (Å²) < 4.78 is 0. The van der Waals surface area contributed by atoms with Crippen molar-refractivity contribution in [1.29, 1.82) is 0 Å². The molecule has 0 spiro atoms. The van der Waals surface area contributed by atoms with E-state index in [0.717, 1.165) is 0 Å². The van der Waals surface area contributed by atoms with E-state index in [0.29, 0.717) is 0 Å². The minimum atomic E-state index is -2.97. The van der Waals surface area contributed by atoms with Crippen molar-refractivity contribution in [3.63, 3.8) is 0 Å². The minimum absolute atomic E-state index is 0. The molecule has 0 radical (unpaired) electrons. The normalized spacial score (nSPS) is 9.40. The van der Waals surface area contributed by atoms with Crippen LogP contribution in [0.4, 0.5) is 0 Å². The first-order valence-corrected chi connectivity index (χ1v) is 3.11. The van der Waals surface area contributed by atoms with Gasteiger partial charge in [-0.15, -0.1) is 0 Å². The summed E-state index contributed by atoms with van der Waals surface area (Å²) in [5, 5.41) is 38.9. The number of aliphatic hydroxyl groups is 1. The van der Waals surface area contributed by atoms with Gasteiger partial charge in [0.25, 0.3) is 0 Å². The molecule has 0 aliphatic rings. The molecule has 0 heterocycles. The summed E-state index contributed by atoms with van der Waals surface area (Å²) in [6.45, 7) is 0. The quantitative estimate of drug-likeness (QED) is 0.484. The largest absolute Gasteiger partial charge is 2.00 e. The van der Waals surface area contributed by atoms with Crippen LogP contribution in [0.3, 0.4) is 0 Å². The van der Waals surface area contributed by atoms with Gasteiger partial charge in [-0.2, -0.15) is 0 Å². The first-order chi connectivity index (χ1) is 5.78. The second-order valence-corrected chi connectivity index (χ2v) is 2.42. The van der Waals surface area contributed by atoms with Crippen LogP contribution in [0.15, 0.2) is 0 Å². The zero-order chi connectivity index (χ0) is 10.6. The van der Waals surface area contributed by atoms with Crippen molar-refractivity contribution in [2.24, 2.45) is 0 Å². The molecular weight excluding hydrogens is 255 g/mol. The molecule has 0 aromatic heterocycles. The third-order valence-corrected chi connectivity index (χ3v) is 1.25. The van der Waals surface area contributed by atoms with Crippen LogP contribution in [0.25, 0.3) is 0 Å². The van der Waals surface area contributed by atoms with Gasteiger partial charge in [0.05, 0.1) is 5.97 Å². The maximum Gasteiger partial charge on any atom is 2.00 e. The SMILES string of the molecule is O=C([O-])CC(O)(CC(=O)[O-])C(=O)[O-].[Na+].[Ti+2]. The topological polar surface area (TPSA) is 141 Å². The van der Waals surface area contributed by atoms with Crippen LogP contribution < -0.4 is 44.9 Å². The summed E-state index contributed by atoms with van der Waals surface area (Å²) in [4.78, 5) is 30.0. The molecule has 0 fully saturated rings. The van der Waals surface area contributed by atoms with E-state index >= 15 is 0 Å². The molecule has 0 atom stereocenters. The molecule has 0 bridgehead atoms. The zero-order valence-corrected chi connectivity index (χ0v) is 11.4. The molecule has 7 nitrogen and oxygen atoms in total. The minimum Gasteiger partial charge on any atom is -0.550 e. The smallest absolute Gasteiger partial charge is 0.550 e. The summed E-state index contributed by atoms with van der Waals surface area (Å²) in [7, 11) is 0. The molecule has 0 aliphatic heterocycles. The second-order valence-electron chi connectivity index (χ2n) is 2.42. The monoisotopic (exact) mass is 260 g/mol. The van der Waals surface area contributed by atoms with E-state index in [2.05, 4.69) is 0 Å². The van der Waals surface area contributed by atoms with Crippen LogP contribution in [0.5, 0.6) is 0 Å². The van der Waals surface area contributed by atoms with Crippen LogP contribution in [-0.2, 0) is 36.1 Å². The van der Waals surface area contributed by atoms with Crippen molar-refractivity contribution in [2.45, 2.75) is 18.4 Å². The van der Waals surface area contributed by atoms with E-state index in [-0.39, 0.29) is 51.3 Å². The Morgan fingerprint density at radius 2 is 1.27 bits per heavy atom. The van der Waals surface area contributed by atoms with Crippen molar-refractivity contribution >= 4 is 17.9 Å². The van der Waals surface area contributed by atoms with Crippen molar-refractivity contribution < 1.29 is 86.1 Å². The molecule has 0 saturated carbocycles. The van der Waals surface area contributed by atoms with Crippen LogP contribution in [0, 0.1) is 0 Å². The van der Waals surface area contributed by atoms with E-state index in [1.54, 1.807) is 0 Å². The molecule has 0 unspecified atom stereocenters. The van der Waals surface area contributed by atoms with Gasteiger partial charge in [-0.05, 0) is 0 Å². The average molecular weight is 260 g/mol. The van der Waals surface area contributed by atoms with Crippen molar-refractivity contribution in [3.05, 3.63) is 0 Å². The van der Waals surface area contributed by atoms with E-state index in [1.807, 2.05) is 0 Å². The number of aliphatic carboxylic acids is 3. The number of rotatable bonds is 5. The Kier molecular flexibility index (Phi) is 11.3. The Morgan fingerprint density at radius 3 is 1.40 bits per heavy atom. The van der Waals surface area contributed by atoms with Crippen LogP contribution in [-0.4, -0.2) is 28.6 Å². The molecule has 0 aliphatic carbocycles. The summed E-state index contributed by atoms with van der Waals surface area (Å²) in [5.41, 5.74) is -2.97. The van der Waals surface area contributed by atoms with Gasteiger partial charge in [0.1, 0.15) is 5.60 Å². The van der Waals surface area contributed by atoms with E-state index < -0.39 is 36.4 Å². The molecular formula is C6H5NaO7Ti. The molecule has 15 heavy (non-hydrogen) atoms. The Hall–Kier alpha value is 0.0843. The second kappa shape index (κ2) is 8.26. The number of carbonyl (C=O) groups is 3. The molecule has 0 aromatic rings. The van der Waals surface area contributed by atoms with Crippen molar-refractivity contribution in [2.75, 3.05) is 0 Å². The summed E-state index contributed by atoms with van der Waals surface area (Å²) in [6, 6.07) is 0. The third kappa shape index (κ3) is 7.95. The third-order valence-electron chi connectivity index (χ3n) is 1.25. The van der Waals surface area contributed by atoms with Gasteiger partial charge in [-0.25, -0.2) is 0 Å². The number of carboxylic acids is 3. The zero-order valence-electron chi connectivity index (χ0n) is 7.81. The van der Waals surface area contributed by atoms with Crippen LogP contribution >= 0.6 is 0 Å². The summed E-state index contributed by atoms with van der Waals surface area (Å²) in [5.74, 6) is -5.98. The molecule has 0 aromatic carbocycles. The summed E-state index contributed by atoms with van der Waals surface area (Å²) >= 11 is 0. The van der Waals surface area contributed by atoms with Crippen LogP contribution in [0.1, 0.15) is 12.8 Å². The Balaban J connectivity index is -0.000000720. The fourth-order valence-electron chi connectivity index (χ4n) is 0.684. The van der Waals surface area contributed by atoms with E-state index in [9.17, 15) is 29.7 Å².